The molecule has 0 fully saturated rings. The Hall–Kier alpha value is -0.990. The third kappa shape index (κ3) is 2.28. The smallest absolute Gasteiger partial charge is 0.0825 e. The van der Waals surface area contributed by atoms with Gasteiger partial charge in [0.25, 0.3) is 0 Å². The van der Waals surface area contributed by atoms with Gasteiger partial charge in [0, 0.05) is 6.04 Å². The van der Waals surface area contributed by atoms with Crippen molar-refractivity contribution in [1.29, 1.82) is 0 Å². The van der Waals surface area contributed by atoms with Crippen LogP contribution in [0.3, 0.4) is 0 Å². The van der Waals surface area contributed by atoms with Gasteiger partial charge in [-0.25, -0.2) is 0 Å². The first-order chi connectivity index (χ1) is 6.56. The lowest BCUT2D eigenvalue weighted by Crippen LogP contribution is -2.23. The Kier molecular flexibility index (Phi) is 3.55. The Balaban J connectivity index is 2.68. The summed E-state index contributed by atoms with van der Waals surface area (Å²) in [5.74, 6) is 0.684. The molecule has 3 heteroatoms. The topological polar surface area (TPSA) is 40.7 Å². The molecule has 0 aliphatic rings. The first-order valence-electron chi connectivity index (χ1n) is 5.34. The SMILES string of the molecule is CCC(C)C(C)Nc1c(C)n[nH]c1C. The van der Waals surface area contributed by atoms with Crippen LogP contribution in [-0.4, -0.2) is 16.2 Å². The third-order valence-corrected chi connectivity index (χ3v) is 3.00. The molecule has 0 amide bonds. The molecule has 1 rings (SSSR count). The molecule has 0 saturated carbocycles. The van der Waals surface area contributed by atoms with Gasteiger partial charge in [0.1, 0.15) is 0 Å². The van der Waals surface area contributed by atoms with Crippen LogP contribution in [0.25, 0.3) is 0 Å². The summed E-state index contributed by atoms with van der Waals surface area (Å²) in [6.07, 6.45) is 1.20. The van der Waals surface area contributed by atoms with E-state index in [9.17, 15) is 0 Å². The van der Waals surface area contributed by atoms with Crippen LogP contribution in [0.2, 0.25) is 0 Å². The van der Waals surface area contributed by atoms with Gasteiger partial charge in [0.2, 0.25) is 0 Å². The Morgan fingerprint density at radius 2 is 2.00 bits per heavy atom. The fourth-order valence-electron chi connectivity index (χ4n) is 1.49. The summed E-state index contributed by atoms with van der Waals surface area (Å²) in [5, 5.41) is 10.7. The monoisotopic (exact) mass is 195 g/mol. The van der Waals surface area contributed by atoms with E-state index in [4.69, 9.17) is 0 Å². The van der Waals surface area contributed by atoms with E-state index in [0.29, 0.717) is 12.0 Å². The van der Waals surface area contributed by atoms with Crippen molar-refractivity contribution in [1.82, 2.24) is 10.2 Å². The van der Waals surface area contributed by atoms with E-state index in [1.807, 2.05) is 13.8 Å². The zero-order valence-corrected chi connectivity index (χ0v) is 9.81. The molecule has 2 unspecified atom stereocenters. The van der Waals surface area contributed by atoms with Crippen LogP contribution in [0.1, 0.15) is 38.6 Å². The van der Waals surface area contributed by atoms with Crippen LogP contribution in [0, 0.1) is 19.8 Å². The third-order valence-electron chi connectivity index (χ3n) is 3.00. The fraction of sp³-hybridized carbons (Fsp3) is 0.727. The lowest BCUT2D eigenvalue weighted by molar-refractivity contribution is 0.494. The van der Waals surface area contributed by atoms with Crippen molar-refractivity contribution in [3.63, 3.8) is 0 Å². The fourth-order valence-corrected chi connectivity index (χ4v) is 1.49. The summed E-state index contributed by atoms with van der Waals surface area (Å²) in [5.41, 5.74) is 3.34. The number of hydrogen-bond donors (Lipinski definition) is 2. The zero-order chi connectivity index (χ0) is 10.7. The maximum absolute atomic E-state index is 4.17. The van der Waals surface area contributed by atoms with Crippen molar-refractivity contribution in [2.75, 3.05) is 5.32 Å². The maximum Gasteiger partial charge on any atom is 0.0825 e. The molecular formula is C11H21N3. The number of anilines is 1. The Labute approximate surface area is 86.3 Å². The number of nitrogens with zero attached hydrogens (tertiary/aromatic N) is 1. The molecule has 0 radical (unpaired) electrons. The molecular weight excluding hydrogens is 174 g/mol. The molecule has 14 heavy (non-hydrogen) atoms. The van der Waals surface area contributed by atoms with Crippen molar-refractivity contribution in [2.24, 2.45) is 5.92 Å². The first-order valence-corrected chi connectivity index (χ1v) is 5.34. The highest BCUT2D eigenvalue weighted by atomic mass is 15.2. The van der Waals surface area contributed by atoms with E-state index in [2.05, 4.69) is 36.3 Å². The van der Waals surface area contributed by atoms with Crippen molar-refractivity contribution >= 4 is 5.69 Å². The number of rotatable bonds is 4. The largest absolute Gasteiger partial charge is 0.379 e. The molecule has 2 atom stereocenters. The summed E-state index contributed by atoms with van der Waals surface area (Å²) in [6.45, 7) is 10.8. The second kappa shape index (κ2) is 4.49. The predicted octanol–water partition coefficient (Wildman–Crippen LogP) is 2.87. The quantitative estimate of drug-likeness (QED) is 0.775. The average molecular weight is 195 g/mol. The molecule has 0 spiro atoms. The van der Waals surface area contributed by atoms with Crippen LogP contribution >= 0.6 is 0 Å². The number of nitrogens with one attached hydrogen (secondary N) is 2. The summed E-state index contributed by atoms with van der Waals surface area (Å²) in [4.78, 5) is 0. The highest BCUT2D eigenvalue weighted by Crippen LogP contribution is 2.20. The first kappa shape index (κ1) is 11.1. The van der Waals surface area contributed by atoms with Crippen LogP contribution < -0.4 is 5.32 Å². The van der Waals surface area contributed by atoms with Crippen LogP contribution in [0.5, 0.6) is 0 Å². The molecule has 3 nitrogen and oxygen atoms in total. The van der Waals surface area contributed by atoms with Crippen molar-refractivity contribution in [3.8, 4) is 0 Å². The average Bonchev–Trinajstić information content (AvgIpc) is 2.48. The van der Waals surface area contributed by atoms with Gasteiger partial charge in [-0.2, -0.15) is 5.10 Å². The molecule has 0 aliphatic heterocycles. The van der Waals surface area contributed by atoms with Crippen LogP contribution in [-0.2, 0) is 0 Å². The molecule has 0 bridgehead atoms. The number of H-pyrrole nitrogens is 1. The molecule has 2 N–H and O–H groups in total. The number of aromatic nitrogens is 2. The minimum absolute atomic E-state index is 0.495. The number of aryl methyl sites for hydroxylation is 2. The van der Waals surface area contributed by atoms with Gasteiger partial charge in [-0.15, -0.1) is 0 Å². The van der Waals surface area contributed by atoms with Crippen LogP contribution in [0.4, 0.5) is 5.69 Å². The second-order valence-corrected chi connectivity index (χ2v) is 4.13. The summed E-state index contributed by atoms with van der Waals surface area (Å²) < 4.78 is 0. The van der Waals surface area contributed by atoms with E-state index >= 15 is 0 Å². The maximum atomic E-state index is 4.17. The Morgan fingerprint density at radius 3 is 2.43 bits per heavy atom. The molecule has 1 heterocycles. The van der Waals surface area contributed by atoms with E-state index in [1.165, 1.54) is 6.42 Å². The minimum Gasteiger partial charge on any atom is -0.379 e. The van der Waals surface area contributed by atoms with Crippen molar-refractivity contribution in [3.05, 3.63) is 11.4 Å². The van der Waals surface area contributed by atoms with Gasteiger partial charge in [-0.3, -0.25) is 5.10 Å². The summed E-state index contributed by atoms with van der Waals surface area (Å²) in [6, 6.07) is 0.495. The molecule has 0 aliphatic carbocycles. The molecule has 1 aromatic rings. The number of aromatic amines is 1. The minimum atomic E-state index is 0.495. The summed E-state index contributed by atoms with van der Waals surface area (Å²) >= 11 is 0. The van der Waals surface area contributed by atoms with E-state index in [0.717, 1.165) is 17.1 Å². The Bertz CT molecular complexity index is 271. The molecule has 1 aromatic heterocycles. The molecule has 0 aromatic carbocycles. The normalized spacial score (nSPS) is 15.2. The van der Waals surface area contributed by atoms with Gasteiger partial charge < -0.3 is 5.32 Å². The van der Waals surface area contributed by atoms with Crippen molar-refractivity contribution in [2.45, 2.75) is 47.1 Å². The van der Waals surface area contributed by atoms with E-state index in [-0.39, 0.29) is 0 Å². The zero-order valence-electron chi connectivity index (χ0n) is 9.81. The van der Waals surface area contributed by atoms with E-state index in [1.54, 1.807) is 0 Å². The standard InChI is InChI=1S/C11H21N3/c1-6-7(2)8(3)12-11-9(4)13-14-10(11)5/h7-8,12H,6H2,1-5H3,(H,13,14). The lowest BCUT2D eigenvalue weighted by atomic mass is 10.0. The van der Waals surface area contributed by atoms with Gasteiger partial charge in [0.05, 0.1) is 17.1 Å². The lowest BCUT2D eigenvalue weighted by Gasteiger charge is -2.21. The highest BCUT2D eigenvalue weighted by molar-refractivity contribution is 5.51. The van der Waals surface area contributed by atoms with Crippen LogP contribution in [0.15, 0.2) is 0 Å². The molecule has 0 saturated heterocycles. The molecule has 80 valence electrons. The second-order valence-electron chi connectivity index (χ2n) is 4.13. The van der Waals surface area contributed by atoms with Gasteiger partial charge in [-0.1, -0.05) is 20.3 Å². The van der Waals surface area contributed by atoms with Gasteiger partial charge >= 0.3 is 0 Å². The number of hydrogen-bond acceptors (Lipinski definition) is 2. The highest BCUT2D eigenvalue weighted by Gasteiger charge is 2.13. The van der Waals surface area contributed by atoms with Gasteiger partial charge in [0.15, 0.2) is 0 Å². The van der Waals surface area contributed by atoms with Gasteiger partial charge in [-0.05, 0) is 26.7 Å². The van der Waals surface area contributed by atoms with Crippen molar-refractivity contribution < 1.29 is 0 Å². The Morgan fingerprint density at radius 1 is 1.36 bits per heavy atom. The summed E-state index contributed by atoms with van der Waals surface area (Å²) in [7, 11) is 0. The van der Waals surface area contributed by atoms with E-state index < -0.39 is 0 Å². The predicted molar refractivity (Wildman–Crippen MR) is 60.6 cm³/mol.